The number of hydrogen-bond acceptors (Lipinski definition) is 0. The van der Waals surface area contributed by atoms with Gasteiger partial charge in [-0.1, -0.05) is 71.7 Å². The Morgan fingerprint density at radius 2 is 1.37 bits per heavy atom. The van der Waals surface area contributed by atoms with Gasteiger partial charge in [0.05, 0.1) is 5.38 Å². The molecule has 0 amide bonds. The normalized spacial score (nSPS) is 14.8. The molecule has 2 aromatic carbocycles. The molecule has 0 spiro atoms. The van der Waals surface area contributed by atoms with Crippen molar-refractivity contribution in [1.29, 1.82) is 0 Å². The van der Waals surface area contributed by atoms with Crippen LogP contribution in [-0.2, 0) is 18.2 Å². The van der Waals surface area contributed by atoms with E-state index in [4.69, 9.17) is 91.2 Å². The SMILES string of the molecule is ClCc1ccc(C(Cl)C(Cl)(Cl)C(Cc2cccc(CCl)c2)[Si](Cl)(Cl)Cl)cc1. The molecule has 0 saturated heterocycles. The number of rotatable bonds is 8. The molecule has 0 radical (unpaired) electrons. The van der Waals surface area contributed by atoms with Crippen molar-refractivity contribution in [1.82, 2.24) is 0 Å². The molecule has 0 aliphatic rings. The Bertz CT molecular complexity index is 742. The fourth-order valence-electron chi connectivity index (χ4n) is 2.72. The highest BCUT2D eigenvalue weighted by atomic mass is 35.8. The van der Waals surface area contributed by atoms with Crippen LogP contribution in [0.15, 0.2) is 48.5 Å². The first-order valence-electron chi connectivity index (χ1n) is 7.96. The summed E-state index contributed by atoms with van der Waals surface area (Å²) in [5.74, 6) is 0.794. The predicted octanol–water partition coefficient (Wildman–Crippen LogP) is 8.89. The minimum atomic E-state index is -3.33. The van der Waals surface area contributed by atoms with Crippen molar-refractivity contribution in [2.24, 2.45) is 0 Å². The van der Waals surface area contributed by atoms with Crippen molar-refractivity contribution in [3.05, 3.63) is 70.8 Å². The van der Waals surface area contributed by atoms with Crippen LogP contribution in [0.5, 0.6) is 0 Å². The van der Waals surface area contributed by atoms with Crippen molar-refractivity contribution >= 4 is 97.2 Å². The summed E-state index contributed by atoms with van der Waals surface area (Å²) in [5.41, 5.74) is 2.96. The van der Waals surface area contributed by atoms with Gasteiger partial charge >= 0.3 is 6.00 Å². The quantitative estimate of drug-likeness (QED) is 0.177. The molecule has 0 heterocycles. The van der Waals surface area contributed by atoms with Gasteiger partial charge in [0, 0.05) is 17.3 Å². The lowest BCUT2D eigenvalue weighted by Crippen LogP contribution is -2.38. The Kier molecular flexibility index (Phi) is 9.28. The summed E-state index contributed by atoms with van der Waals surface area (Å²) in [7, 11) is 0. The van der Waals surface area contributed by atoms with Crippen molar-refractivity contribution in [3.8, 4) is 0 Å². The van der Waals surface area contributed by atoms with E-state index in [9.17, 15) is 0 Å². The number of halogens is 8. The van der Waals surface area contributed by atoms with Gasteiger partial charge in [0.15, 0.2) is 0 Å². The van der Waals surface area contributed by atoms with Gasteiger partial charge in [-0.2, -0.15) is 0 Å². The third-order valence-electron chi connectivity index (χ3n) is 4.21. The lowest BCUT2D eigenvalue weighted by atomic mass is 10.00. The highest BCUT2D eigenvalue weighted by molar-refractivity contribution is 7.65. The maximum atomic E-state index is 6.73. The molecule has 0 aliphatic heterocycles. The zero-order valence-corrected chi connectivity index (χ0v) is 21.0. The van der Waals surface area contributed by atoms with Crippen LogP contribution in [-0.4, -0.2) is 10.3 Å². The second-order valence-electron chi connectivity index (χ2n) is 6.16. The second-order valence-corrected chi connectivity index (χ2v) is 17.5. The summed E-state index contributed by atoms with van der Waals surface area (Å²) < 4.78 is -1.49. The van der Waals surface area contributed by atoms with E-state index in [0.717, 1.165) is 22.3 Å². The van der Waals surface area contributed by atoms with E-state index in [1.54, 1.807) is 0 Å². The largest absolute Gasteiger partial charge is 0.347 e. The van der Waals surface area contributed by atoms with Gasteiger partial charge in [0.25, 0.3) is 0 Å². The van der Waals surface area contributed by atoms with E-state index in [1.807, 2.05) is 48.5 Å². The van der Waals surface area contributed by atoms with Crippen LogP contribution >= 0.6 is 91.2 Å². The van der Waals surface area contributed by atoms with Crippen molar-refractivity contribution in [3.63, 3.8) is 0 Å². The van der Waals surface area contributed by atoms with Crippen LogP contribution in [0, 0.1) is 0 Å². The van der Waals surface area contributed by atoms with E-state index >= 15 is 0 Å². The lowest BCUT2D eigenvalue weighted by Gasteiger charge is -2.37. The average molecular weight is 544 g/mol. The summed E-state index contributed by atoms with van der Waals surface area (Å²) >= 11 is 51.0. The maximum Gasteiger partial charge on any atom is 0.347 e. The van der Waals surface area contributed by atoms with Crippen LogP contribution in [0.4, 0.5) is 0 Å². The van der Waals surface area contributed by atoms with E-state index in [2.05, 4.69) is 0 Å². The predicted molar refractivity (Wildman–Crippen MR) is 126 cm³/mol. The Hall–Kier alpha value is 0.977. The molecule has 0 saturated carbocycles. The third-order valence-corrected chi connectivity index (χ3v) is 10.8. The molecule has 0 aromatic heterocycles. The van der Waals surface area contributed by atoms with Crippen LogP contribution in [0.25, 0.3) is 0 Å². The molecule has 2 aromatic rings. The molecule has 9 heteroatoms. The third kappa shape index (κ3) is 6.48. The summed E-state index contributed by atoms with van der Waals surface area (Å²) in [4.78, 5) is 0. The number of alkyl halides is 5. The van der Waals surface area contributed by atoms with Gasteiger partial charge < -0.3 is 0 Å². The summed E-state index contributed by atoms with van der Waals surface area (Å²) in [6.45, 7) is 0. The number of benzene rings is 2. The molecule has 2 unspecified atom stereocenters. The Labute approximate surface area is 200 Å². The molecular formula is C18H16Cl8Si. The summed E-state index contributed by atoms with van der Waals surface area (Å²) in [6, 6.07) is 11.8. The average Bonchev–Trinajstić information content (AvgIpc) is 2.64. The first-order valence-corrected chi connectivity index (χ1v) is 15.3. The summed E-state index contributed by atoms with van der Waals surface area (Å²) in [6.07, 6.45) is 0.378. The first-order chi connectivity index (χ1) is 12.6. The zero-order chi connectivity index (χ0) is 20.2. The van der Waals surface area contributed by atoms with Gasteiger partial charge in [0.1, 0.15) is 4.33 Å². The number of hydrogen-bond donors (Lipinski definition) is 0. The van der Waals surface area contributed by atoms with Crippen molar-refractivity contribution in [2.75, 3.05) is 0 Å². The van der Waals surface area contributed by atoms with E-state index in [0.29, 0.717) is 18.2 Å². The topological polar surface area (TPSA) is 0 Å². The van der Waals surface area contributed by atoms with Crippen LogP contribution in [0.2, 0.25) is 5.54 Å². The van der Waals surface area contributed by atoms with Gasteiger partial charge in [-0.05, 0) is 28.7 Å². The standard InChI is InChI=1S/C18H16Cl8Si/c19-10-12-4-6-15(7-5-12)17(21)18(22,23)16(27(24,25)26)9-13-2-1-3-14(8-13)11-20/h1-8,16-17H,9-11H2. The van der Waals surface area contributed by atoms with Crippen LogP contribution in [0.3, 0.4) is 0 Å². The smallest absolute Gasteiger partial charge is 0.126 e. The van der Waals surface area contributed by atoms with Crippen molar-refractivity contribution in [2.45, 2.75) is 33.4 Å². The molecular weight excluding hydrogens is 528 g/mol. The molecule has 2 rings (SSSR count). The zero-order valence-electron chi connectivity index (χ0n) is 13.9. The highest BCUT2D eigenvalue weighted by Crippen LogP contribution is 2.56. The fourth-order valence-corrected chi connectivity index (χ4v) is 9.17. The van der Waals surface area contributed by atoms with Gasteiger partial charge in [-0.3, -0.25) is 0 Å². The Morgan fingerprint density at radius 1 is 0.815 bits per heavy atom. The summed E-state index contributed by atoms with van der Waals surface area (Å²) in [5, 5.41) is -0.769. The van der Waals surface area contributed by atoms with E-state index < -0.39 is 21.3 Å². The monoisotopic (exact) mass is 540 g/mol. The molecule has 0 aliphatic carbocycles. The van der Waals surface area contributed by atoms with Crippen molar-refractivity contribution < 1.29 is 0 Å². The molecule has 0 fully saturated rings. The Balaban J connectivity index is 2.34. The van der Waals surface area contributed by atoms with Crippen LogP contribution < -0.4 is 0 Å². The lowest BCUT2D eigenvalue weighted by molar-refractivity contribution is 0.660. The Morgan fingerprint density at radius 3 is 1.89 bits per heavy atom. The maximum absolute atomic E-state index is 6.73. The van der Waals surface area contributed by atoms with Gasteiger partial charge in [0.2, 0.25) is 0 Å². The first kappa shape index (κ1) is 24.2. The van der Waals surface area contributed by atoms with E-state index in [-0.39, 0.29) is 0 Å². The minimum Gasteiger partial charge on any atom is -0.126 e. The highest BCUT2D eigenvalue weighted by Gasteiger charge is 2.53. The molecule has 2 atom stereocenters. The van der Waals surface area contributed by atoms with Gasteiger partial charge in [-0.25, -0.2) is 0 Å². The molecule has 0 N–H and O–H groups in total. The molecule has 0 bridgehead atoms. The minimum absolute atomic E-state index is 0.378. The molecule has 0 nitrogen and oxygen atoms in total. The fraction of sp³-hybridized carbons (Fsp3) is 0.333. The van der Waals surface area contributed by atoms with Gasteiger partial charge in [-0.15, -0.1) is 68.0 Å². The molecule has 148 valence electrons. The van der Waals surface area contributed by atoms with Crippen LogP contribution in [0.1, 0.15) is 27.6 Å². The molecule has 27 heavy (non-hydrogen) atoms. The van der Waals surface area contributed by atoms with E-state index in [1.165, 1.54) is 0 Å². The second kappa shape index (κ2) is 10.3.